The first-order valence-electron chi connectivity index (χ1n) is 23.2. The second-order valence-corrected chi connectivity index (χ2v) is 23.5. The van der Waals surface area contributed by atoms with Crippen LogP contribution in [0.3, 0.4) is 0 Å². The summed E-state index contributed by atoms with van der Waals surface area (Å²) in [7, 11) is -3.95. The Morgan fingerprint density at radius 1 is 0.797 bits per heavy atom. The second kappa shape index (κ2) is 15.6. The smallest absolute Gasteiger partial charge is 0.259 e. The molecular formula is C45H74N6O7S. The molecule has 7 fully saturated rings. The van der Waals surface area contributed by atoms with Crippen molar-refractivity contribution in [2.45, 2.75) is 199 Å². The molecule has 0 aromatic rings. The van der Waals surface area contributed by atoms with Crippen molar-refractivity contribution in [3.05, 3.63) is 0 Å². The first-order chi connectivity index (χ1) is 27.7. The predicted octanol–water partition coefficient (Wildman–Crippen LogP) is 4.93. The van der Waals surface area contributed by atoms with Crippen molar-refractivity contribution in [2.24, 2.45) is 33.5 Å². The first kappa shape index (κ1) is 44.3. The third-order valence-corrected chi connectivity index (χ3v) is 19.4. The summed E-state index contributed by atoms with van der Waals surface area (Å²) < 4.78 is 28.6. The van der Waals surface area contributed by atoms with Crippen molar-refractivity contribution in [3.8, 4) is 0 Å². The number of sulfonamides is 1. The molecule has 7 rings (SSSR count). The summed E-state index contributed by atoms with van der Waals surface area (Å²) in [5.74, 6) is -2.28. The van der Waals surface area contributed by atoms with Gasteiger partial charge in [0.2, 0.25) is 33.7 Å². The number of fused-ring (bicyclic) bond motifs is 1. The van der Waals surface area contributed by atoms with Gasteiger partial charge in [-0.15, -0.1) is 0 Å². The zero-order valence-corrected chi connectivity index (χ0v) is 38.1. The molecule has 5 amide bonds. The summed E-state index contributed by atoms with van der Waals surface area (Å²) in [5, 5.41) is 9.40. The average molecular weight is 843 g/mol. The lowest BCUT2D eigenvalue weighted by molar-refractivity contribution is -0.145. The maximum atomic E-state index is 15.3. The first-order valence-corrected chi connectivity index (χ1v) is 24.7. The fourth-order valence-electron chi connectivity index (χ4n) is 12.9. The molecule has 5 aliphatic carbocycles. The van der Waals surface area contributed by atoms with Crippen LogP contribution < -0.4 is 20.7 Å². The van der Waals surface area contributed by atoms with Crippen molar-refractivity contribution in [1.82, 2.24) is 30.5 Å². The minimum Gasteiger partial charge on any atom is -0.343 e. The van der Waals surface area contributed by atoms with Gasteiger partial charge < -0.3 is 20.9 Å². The summed E-state index contributed by atoms with van der Waals surface area (Å²) in [6, 6.07) is -2.97. The van der Waals surface area contributed by atoms with Gasteiger partial charge in [0, 0.05) is 12.0 Å². The van der Waals surface area contributed by atoms with Crippen LogP contribution in [-0.4, -0.2) is 102 Å². The molecule has 5 saturated carbocycles. The molecule has 0 aromatic heterocycles. The summed E-state index contributed by atoms with van der Waals surface area (Å²) >= 11 is 0. The zero-order valence-electron chi connectivity index (χ0n) is 37.3. The van der Waals surface area contributed by atoms with Crippen molar-refractivity contribution >= 4 is 39.6 Å². The van der Waals surface area contributed by atoms with Gasteiger partial charge >= 0.3 is 0 Å². The number of hydrogen-bond acceptors (Lipinski definition) is 8. The molecule has 0 radical (unpaired) electrons. The van der Waals surface area contributed by atoms with Crippen LogP contribution in [0.15, 0.2) is 0 Å². The molecule has 13 nitrogen and oxygen atoms in total. The quantitative estimate of drug-likeness (QED) is 0.180. The molecule has 59 heavy (non-hydrogen) atoms. The van der Waals surface area contributed by atoms with Crippen LogP contribution in [0, 0.1) is 33.5 Å². The number of nitrogens with one attached hydrogen (secondary N) is 4. The lowest BCUT2D eigenvalue weighted by atomic mass is 9.73. The lowest BCUT2D eigenvalue weighted by Crippen LogP contribution is -2.63. The highest BCUT2D eigenvalue weighted by atomic mass is 32.2. The Balaban J connectivity index is 1.15. The lowest BCUT2D eigenvalue weighted by Gasteiger charge is -2.38. The number of likely N-dealkylation sites (tertiary alicyclic amines) is 2. The van der Waals surface area contributed by atoms with Crippen LogP contribution in [-0.2, 0) is 34.0 Å². The maximum Gasteiger partial charge on any atom is 0.259 e. The molecule has 0 bridgehead atoms. The molecular weight excluding hydrogens is 769 g/mol. The van der Waals surface area contributed by atoms with Crippen molar-refractivity contribution < 1.29 is 32.4 Å². The highest BCUT2D eigenvalue weighted by Gasteiger charge is 2.85. The Bertz CT molecular complexity index is 1800. The normalized spacial score (nSPS) is 32.8. The van der Waals surface area contributed by atoms with E-state index in [1.165, 1.54) is 0 Å². The monoisotopic (exact) mass is 843 g/mol. The van der Waals surface area contributed by atoms with Gasteiger partial charge in [-0.05, 0) is 112 Å². The summed E-state index contributed by atoms with van der Waals surface area (Å²) in [5.41, 5.74) is -2.56. The zero-order chi connectivity index (χ0) is 43.0. The number of likely N-dealkylation sites (N-methyl/N-ethyl adjacent to an activating group) is 1. The highest BCUT2D eigenvalue weighted by Crippen LogP contribution is 2.88. The fraction of sp³-hybridized carbons (Fsp3) is 0.889. The molecule has 0 unspecified atom stereocenters. The SMILES string of the molecule is CCCC1(S(=O)(=O)NC(=O)[C@@]2(NC(=O)[C@@H]3C[C@@]4(CN3C(=O)[C@@H](NC(=O)[C@@H](NC(=O)[C@@H]3CCCN3CC)C3CCCCC3)C(C)(C)C)C(C)(C)C43CCC3)C[C@H]2CC)CC1. The number of carbonyl (C=O) groups excluding carboxylic acids is 5. The van der Waals surface area contributed by atoms with Gasteiger partial charge in [0.25, 0.3) is 5.91 Å². The standard InChI is InChI=1S/C45H74N6O7S/c1-9-20-42(23-24-42)59(57,58)49-39(56)45(26-30(45)10-2)48-36(53)32-27-44(41(7,8)43(44)21-16-22-43)28-51(32)38(55)34(40(4,5)6)47-37(54)33(29-17-13-12-14-18-29)46-35(52)31-19-15-25-50(31)11-3/h29-34H,9-28H2,1-8H3,(H,46,52)(H,47,54)(H,48,53)(H,49,56)/t30-,31+,32+,33+,34-,44-,45-/m1/s1. The van der Waals surface area contributed by atoms with Crippen LogP contribution in [0.25, 0.3) is 0 Å². The van der Waals surface area contributed by atoms with E-state index >= 15 is 4.79 Å². The van der Waals surface area contributed by atoms with E-state index in [-0.39, 0.29) is 51.8 Å². The number of amides is 5. The van der Waals surface area contributed by atoms with Gasteiger partial charge in [-0.25, -0.2) is 8.42 Å². The highest BCUT2D eigenvalue weighted by molar-refractivity contribution is 7.91. The van der Waals surface area contributed by atoms with Crippen LogP contribution in [0.2, 0.25) is 0 Å². The average Bonchev–Trinajstić information content (AvgIpc) is 4.06. The van der Waals surface area contributed by atoms with Crippen LogP contribution in [0.4, 0.5) is 0 Å². The van der Waals surface area contributed by atoms with Crippen LogP contribution >= 0.6 is 0 Å². The number of rotatable bonds is 15. The molecule has 14 heteroatoms. The molecule has 2 heterocycles. The number of carbonyl (C=O) groups is 5. The largest absolute Gasteiger partial charge is 0.343 e. The second-order valence-electron chi connectivity index (χ2n) is 21.4. The van der Waals surface area contributed by atoms with Crippen molar-refractivity contribution in [1.29, 1.82) is 0 Å². The maximum absolute atomic E-state index is 15.3. The van der Waals surface area contributed by atoms with Gasteiger partial charge in [-0.1, -0.05) is 93.9 Å². The minimum atomic E-state index is -3.95. The third kappa shape index (κ3) is 7.23. The Kier molecular flexibility index (Phi) is 11.7. The molecule has 2 spiro atoms. The molecule has 2 aliphatic heterocycles. The third-order valence-electron chi connectivity index (χ3n) is 17.2. The Morgan fingerprint density at radius 2 is 1.47 bits per heavy atom. The molecule has 332 valence electrons. The van der Waals surface area contributed by atoms with Crippen molar-refractivity contribution in [2.75, 3.05) is 19.6 Å². The molecule has 2 saturated heterocycles. The molecule has 4 N–H and O–H groups in total. The van der Waals surface area contributed by atoms with Gasteiger partial charge in [0.1, 0.15) is 23.7 Å². The van der Waals surface area contributed by atoms with E-state index in [2.05, 4.69) is 39.4 Å². The fourth-order valence-corrected chi connectivity index (χ4v) is 14.7. The summed E-state index contributed by atoms with van der Waals surface area (Å²) in [6.07, 6.45) is 13.0. The number of nitrogens with zero attached hydrogens (tertiary/aromatic N) is 2. The van der Waals surface area contributed by atoms with E-state index in [0.717, 1.165) is 77.3 Å². The van der Waals surface area contributed by atoms with E-state index in [1.807, 2.05) is 41.5 Å². The summed E-state index contributed by atoms with van der Waals surface area (Å²) in [6.45, 7) is 18.1. The van der Waals surface area contributed by atoms with Gasteiger partial charge in [0.15, 0.2) is 0 Å². The van der Waals surface area contributed by atoms with E-state index in [9.17, 15) is 27.6 Å². The Hall–Kier alpha value is -2.74. The van der Waals surface area contributed by atoms with E-state index in [4.69, 9.17) is 0 Å². The van der Waals surface area contributed by atoms with Gasteiger partial charge in [-0.3, -0.25) is 33.6 Å². The molecule has 0 aromatic carbocycles. The van der Waals surface area contributed by atoms with E-state index in [0.29, 0.717) is 51.5 Å². The number of hydrogen-bond donors (Lipinski definition) is 4. The van der Waals surface area contributed by atoms with Crippen molar-refractivity contribution in [3.63, 3.8) is 0 Å². The van der Waals surface area contributed by atoms with Gasteiger partial charge in [0.05, 0.1) is 10.8 Å². The predicted molar refractivity (Wildman–Crippen MR) is 226 cm³/mol. The van der Waals surface area contributed by atoms with Gasteiger partial charge in [-0.2, -0.15) is 0 Å². The van der Waals surface area contributed by atoms with Crippen LogP contribution in [0.5, 0.6) is 0 Å². The molecule has 7 aliphatic rings. The topological polar surface area (TPSA) is 174 Å². The minimum absolute atomic E-state index is 0.00351. The summed E-state index contributed by atoms with van der Waals surface area (Å²) in [4.78, 5) is 76.4. The van der Waals surface area contributed by atoms with E-state index in [1.54, 1.807) is 4.90 Å². The Labute approximate surface area is 353 Å². The van der Waals surface area contributed by atoms with Crippen LogP contribution in [0.1, 0.15) is 165 Å². The molecule has 7 atom stereocenters. The van der Waals surface area contributed by atoms with E-state index < -0.39 is 55.7 Å². The Morgan fingerprint density at radius 3 is 2.00 bits per heavy atom.